The van der Waals surface area contributed by atoms with E-state index >= 15 is 0 Å². The van der Waals surface area contributed by atoms with Gasteiger partial charge in [-0.2, -0.15) is 0 Å². The molecule has 1 saturated heterocycles. The van der Waals surface area contributed by atoms with Crippen molar-refractivity contribution in [1.82, 2.24) is 19.7 Å². The molecule has 0 radical (unpaired) electrons. The number of likely N-dealkylation sites (N-methyl/N-ethyl adjacent to an activating group) is 1. The van der Waals surface area contributed by atoms with Crippen LogP contribution in [-0.4, -0.2) is 60.7 Å². The number of nitrogens with zero attached hydrogens (tertiary/aromatic N) is 3. The van der Waals surface area contributed by atoms with Crippen LogP contribution in [0, 0.1) is 13.8 Å². The van der Waals surface area contributed by atoms with Crippen molar-refractivity contribution in [2.75, 3.05) is 46.3 Å². The van der Waals surface area contributed by atoms with Gasteiger partial charge in [0.05, 0.1) is 0 Å². The van der Waals surface area contributed by atoms with Gasteiger partial charge in [0.1, 0.15) is 0 Å². The highest BCUT2D eigenvalue weighted by Crippen LogP contribution is 2.14. The number of aryl methyl sites for hydroxylation is 1. The SMILES string of the molecule is CCn1c(C)cc(CNCCN2CCN(C)CC2)c1C. The maximum Gasteiger partial charge on any atom is 0.0223 e. The van der Waals surface area contributed by atoms with Crippen molar-refractivity contribution in [3.8, 4) is 0 Å². The molecule has 0 unspecified atom stereocenters. The summed E-state index contributed by atoms with van der Waals surface area (Å²) in [6.07, 6.45) is 0. The Kier molecular flexibility index (Phi) is 5.64. The molecule has 4 nitrogen and oxygen atoms in total. The molecule has 1 fully saturated rings. The summed E-state index contributed by atoms with van der Waals surface area (Å²) in [4.78, 5) is 4.96. The Bertz CT molecular complexity index is 416. The Hall–Kier alpha value is -0.840. The van der Waals surface area contributed by atoms with Crippen LogP contribution in [0.3, 0.4) is 0 Å². The van der Waals surface area contributed by atoms with Gasteiger partial charge < -0.3 is 14.8 Å². The summed E-state index contributed by atoms with van der Waals surface area (Å²) >= 11 is 0. The van der Waals surface area contributed by atoms with Gasteiger partial charge in [-0.05, 0) is 39.4 Å². The Labute approximate surface area is 123 Å². The molecule has 0 spiro atoms. The van der Waals surface area contributed by atoms with Gasteiger partial charge in [-0.3, -0.25) is 4.90 Å². The number of hydrogen-bond acceptors (Lipinski definition) is 3. The third-order valence-corrected chi connectivity index (χ3v) is 4.51. The molecule has 114 valence electrons. The minimum Gasteiger partial charge on any atom is -0.349 e. The molecule has 4 heteroatoms. The highest BCUT2D eigenvalue weighted by atomic mass is 15.2. The second-order valence-electron chi connectivity index (χ2n) is 5.96. The lowest BCUT2D eigenvalue weighted by atomic mass is 10.2. The fourth-order valence-corrected chi connectivity index (χ4v) is 3.07. The summed E-state index contributed by atoms with van der Waals surface area (Å²) in [6, 6.07) is 2.32. The summed E-state index contributed by atoms with van der Waals surface area (Å²) < 4.78 is 2.39. The van der Waals surface area contributed by atoms with Crippen molar-refractivity contribution in [3.63, 3.8) is 0 Å². The second kappa shape index (κ2) is 7.25. The number of rotatable bonds is 6. The lowest BCUT2D eigenvalue weighted by molar-refractivity contribution is 0.154. The Morgan fingerprint density at radius 1 is 1.15 bits per heavy atom. The molecule has 1 aromatic heterocycles. The highest BCUT2D eigenvalue weighted by molar-refractivity contribution is 5.26. The average molecular weight is 278 g/mol. The van der Waals surface area contributed by atoms with E-state index in [2.05, 4.69) is 53.6 Å². The smallest absolute Gasteiger partial charge is 0.0223 e. The van der Waals surface area contributed by atoms with E-state index in [9.17, 15) is 0 Å². The third-order valence-electron chi connectivity index (χ3n) is 4.51. The molecule has 0 aliphatic carbocycles. The standard InChI is InChI=1S/C16H30N4/c1-5-20-14(2)12-16(15(20)3)13-17-6-7-19-10-8-18(4)9-11-19/h12,17H,5-11,13H2,1-4H3. The van der Waals surface area contributed by atoms with Crippen molar-refractivity contribution in [3.05, 3.63) is 23.0 Å². The van der Waals surface area contributed by atoms with E-state index in [4.69, 9.17) is 0 Å². The molecular weight excluding hydrogens is 248 g/mol. The van der Waals surface area contributed by atoms with Crippen LogP contribution in [0.5, 0.6) is 0 Å². The molecule has 1 aliphatic heterocycles. The molecule has 0 amide bonds. The van der Waals surface area contributed by atoms with Gasteiger partial charge in [0.25, 0.3) is 0 Å². The van der Waals surface area contributed by atoms with Crippen LogP contribution in [0.25, 0.3) is 0 Å². The first-order chi connectivity index (χ1) is 9.61. The van der Waals surface area contributed by atoms with Crippen LogP contribution < -0.4 is 5.32 Å². The fourth-order valence-electron chi connectivity index (χ4n) is 3.07. The van der Waals surface area contributed by atoms with Gasteiger partial charge in [0.2, 0.25) is 0 Å². The highest BCUT2D eigenvalue weighted by Gasteiger charge is 2.13. The van der Waals surface area contributed by atoms with E-state index in [1.165, 1.54) is 49.7 Å². The molecular formula is C16H30N4. The summed E-state index contributed by atoms with van der Waals surface area (Å²) in [5.41, 5.74) is 4.24. The van der Waals surface area contributed by atoms with E-state index in [1.54, 1.807) is 0 Å². The minimum absolute atomic E-state index is 0.993. The number of piperazine rings is 1. The molecule has 1 aliphatic rings. The molecule has 2 heterocycles. The normalized spacial score (nSPS) is 17.8. The third kappa shape index (κ3) is 3.84. The zero-order valence-electron chi connectivity index (χ0n) is 13.6. The zero-order valence-corrected chi connectivity index (χ0v) is 13.6. The Morgan fingerprint density at radius 3 is 2.45 bits per heavy atom. The van der Waals surface area contributed by atoms with Gasteiger partial charge in [-0.1, -0.05) is 0 Å². The number of nitrogens with one attached hydrogen (secondary N) is 1. The molecule has 20 heavy (non-hydrogen) atoms. The van der Waals surface area contributed by atoms with Gasteiger partial charge in [-0.15, -0.1) is 0 Å². The summed E-state index contributed by atoms with van der Waals surface area (Å²) in [6.45, 7) is 15.8. The fraction of sp³-hybridized carbons (Fsp3) is 0.750. The van der Waals surface area contributed by atoms with Gasteiger partial charge in [0.15, 0.2) is 0 Å². The predicted octanol–water partition coefficient (Wildman–Crippen LogP) is 1.46. The number of aromatic nitrogens is 1. The lowest BCUT2D eigenvalue weighted by Crippen LogP contribution is -2.46. The summed E-state index contributed by atoms with van der Waals surface area (Å²) in [5.74, 6) is 0. The van der Waals surface area contributed by atoms with Crippen molar-refractivity contribution < 1.29 is 0 Å². The number of hydrogen-bond donors (Lipinski definition) is 1. The van der Waals surface area contributed by atoms with Crippen molar-refractivity contribution in [1.29, 1.82) is 0 Å². The molecule has 0 bridgehead atoms. The van der Waals surface area contributed by atoms with E-state index in [0.717, 1.165) is 19.6 Å². The van der Waals surface area contributed by atoms with E-state index in [1.807, 2.05) is 0 Å². The van der Waals surface area contributed by atoms with Crippen LogP contribution in [0.15, 0.2) is 6.07 Å². The first-order valence-corrected chi connectivity index (χ1v) is 7.89. The molecule has 0 saturated carbocycles. The topological polar surface area (TPSA) is 23.4 Å². The van der Waals surface area contributed by atoms with E-state index < -0.39 is 0 Å². The van der Waals surface area contributed by atoms with Gasteiger partial charge >= 0.3 is 0 Å². The molecule has 1 N–H and O–H groups in total. The minimum atomic E-state index is 0.993. The molecule has 2 rings (SSSR count). The van der Waals surface area contributed by atoms with Crippen molar-refractivity contribution in [2.45, 2.75) is 33.9 Å². The average Bonchev–Trinajstić information content (AvgIpc) is 2.71. The quantitative estimate of drug-likeness (QED) is 0.797. The van der Waals surface area contributed by atoms with E-state index in [0.29, 0.717) is 0 Å². The van der Waals surface area contributed by atoms with Crippen LogP contribution >= 0.6 is 0 Å². The molecule has 1 aromatic rings. The van der Waals surface area contributed by atoms with Gasteiger partial charge in [0, 0.05) is 63.7 Å². The monoisotopic (exact) mass is 278 g/mol. The first kappa shape index (κ1) is 15.5. The predicted molar refractivity (Wildman–Crippen MR) is 85.2 cm³/mol. The van der Waals surface area contributed by atoms with Crippen LogP contribution in [-0.2, 0) is 13.1 Å². The largest absolute Gasteiger partial charge is 0.349 e. The first-order valence-electron chi connectivity index (χ1n) is 7.89. The molecule has 0 aromatic carbocycles. The van der Waals surface area contributed by atoms with Crippen molar-refractivity contribution in [2.24, 2.45) is 0 Å². The second-order valence-corrected chi connectivity index (χ2v) is 5.96. The Morgan fingerprint density at radius 2 is 1.85 bits per heavy atom. The van der Waals surface area contributed by atoms with Crippen LogP contribution in [0.2, 0.25) is 0 Å². The zero-order chi connectivity index (χ0) is 14.5. The van der Waals surface area contributed by atoms with Crippen LogP contribution in [0.1, 0.15) is 23.9 Å². The summed E-state index contributed by atoms with van der Waals surface area (Å²) in [7, 11) is 2.21. The maximum absolute atomic E-state index is 3.60. The molecule has 0 atom stereocenters. The van der Waals surface area contributed by atoms with Crippen LogP contribution in [0.4, 0.5) is 0 Å². The van der Waals surface area contributed by atoms with Crippen molar-refractivity contribution >= 4 is 0 Å². The summed E-state index contributed by atoms with van der Waals surface area (Å²) in [5, 5.41) is 3.60. The van der Waals surface area contributed by atoms with E-state index in [-0.39, 0.29) is 0 Å². The Balaban J connectivity index is 1.71. The van der Waals surface area contributed by atoms with Gasteiger partial charge in [-0.25, -0.2) is 0 Å². The maximum atomic E-state index is 3.60. The lowest BCUT2D eigenvalue weighted by Gasteiger charge is -2.32.